The summed E-state index contributed by atoms with van der Waals surface area (Å²) in [5.41, 5.74) is 19.9. The average molecular weight is 800 g/mol. The first-order chi connectivity index (χ1) is 30.2. The molecule has 2 N–H and O–H groups in total. The number of nitrogens with one attached hydrogen (secondary N) is 2. The minimum atomic E-state index is -0.196. The summed E-state index contributed by atoms with van der Waals surface area (Å²) in [5.74, 6) is 2.72. The molecule has 2 heterocycles. The highest BCUT2D eigenvalue weighted by Gasteiger charge is 2.51. The van der Waals surface area contributed by atoms with Gasteiger partial charge in [0.15, 0.2) is 0 Å². The molecular formula is C57H57N3O. The number of hydrogen-bond donors (Lipinski definition) is 2. The van der Waals surface area contributed by atoms with E-state index >= 15 is 0 Å². The number of ether oxygens (including phenoxy) is 1. The van der Waals surface area contributed by atoms with Gasteiger partial charge in [0.2, 0.25) is 0 Å². The lowest BCUT2D eigenvalue weighted by atomic mass is 9.65. The van der Waals surface area contributed by atoms with Gasteiger partial charge >= 0.3 is 0 Å². The molecule has 2 spiro atoms. The van der Waals surface area contributed by atoms with E-state index in [4.69, 9.17) is 9.73 Å². The van der Waals surface area contributed by atoms with E-state index in [1.165, 1.54) is 92.3 Å². The third-order valence-corrected chi connectivity index (χ3v) is 16.7. The number of allylic oxidation sites excluding steroid dienone is 11. The Labute approximate surface area is 361 Å². The van der Waals surface area contributed by atoms with E-state index in [2.05, 4.69) is 132 Å². The van der Waals surface area contributed by atoms with Crippen molar-refractivity contribution in [2.45, 2.75) is 126 Å². The third kappa shape index (κ3) is 5.49. The predicted molar refractivity (Wildman–Crippen MR) is 248 cm³/mol. The lowest BCUT2D eigenvalue weighted by Crippen LogP contribution is -2.56. The van der Waals surface area contributed by atoms with Crippen molar-refractivity contribution in [2.24, 2.45) is 16.8 Å². The van der Waals surface area contributed by atoms with E-state index in [1.54, 1.807) is 44.5 Å². The monoisotopic (exact) mass is 799 g/mol. The number of nitrogens with zero attached hydrogens (tertiary/aromatic N) is 1. The summed E-state index contributed by atoms with van der Waals surface area (Å²) in [6, 6.07) is 25.6. The molecule has 306 valence electrons. The number of amidine groups is 1. The Kier molecular flexibility index (Phi) is 8.47. The van der Waals surface area contributed by atoms with Gasteiger partial charge in [0.25, 0.3) is 0 Å². The van der Waals surface area contributed by atoms with Crippen LogP contribution >= 0.6 is 0 Å². The predicted octanol–water partition coefficient (Wildman–Crippen LogP) is 12.5. The van der Waals surface area contributed by atoms with Crippen molar-refractivity contribution in [1.82, 2.24) is 10.6 Å². The van der Waals surface area contributed by atoms with Crippen LogP contribution in [-0.4, -0.2) is 24.3 Å². The summed E-state index contributed by atoms with van der Waals surface area (Å²) >= 11 is 0. The van der Waals surface area contributed by atoms with Crippen molar-refractivity contribution in [2.75, 3.05) is 0 Å². The molecule has 0 bridgehead atoms. The largest absolute Gasteiger partial charge is 0.489 e. The van der Waals surface area contributed by atoms with Gasteiger partial charge in [-0.2, -0.15) is 0 Å². The Morgan fingerprint density at radius 1 is 0.721 bits per heavy atom. The van der Waals surface area contributed by atoms with Crippen molar-refractivity contribution in [1.29, 1.82) is 0 Å². The van der Waals surface area contributed by atoms with E-state index in [-0.39, 0.29) is 35.2 Å². The molecule has 2 aliphatic heterocycles. The molecule has 3 aromatic carbocycles. The lowest BCUT2D eigenvalue weighted by molar-refractivity contribution is 0.139. The fourth-order valence-corrected chi connectivity index (χ4v) is 13.9. The smallest absolute Gasteiger partial charge is 0.133 e. The molecule has 8 aliphatic carbocycles. The number of fused-ring (bicyclic) bond motifs is 11. The molecule has 0 saturated heterocycles. The fourth-order valence-electron chi connectivity index (χ4n) is 13.9. The Morgan fingerprint density at radius 2 is 1.51 bits per heavy atom. The van der Waals surface area contributed by atoms with Crippen LogP contribution in [0.3, 0.4) is 0 Å². The average Bonchev–Trinajstić information content (AvgIpc) is 3.93. The molecule has 0 amide bonds. The molecule has 2 saturated carbocycles. The summed E-state index contributed by atoms with van der Waals surface area (Å²) in [6.07, 6.45) is 39.8. The van der Waals surface area contributed by atoms with Gasteiger partial charge in [0.1, 0.15) is 30.0 Å². The highest BCUT2D eigenvalue weighted by Crippen LogP contribution is 2.64. The Balaban J connectivity index is 0.863. The molecule has 10 aliphatic rings. The third-order valence-electron chi connectivity index (χ3n) is 16.7. The molecule has 0 aromatic heterocycles. The second-order valence-corrected chi connectivity index (χ2v) is 19.7. The Bertz CT molecular complexity index is 2630. The highest BCUT2D eigenvalue weighted by molar-refractivity contribution is 6.00. The number of hydrogen-bond acceptors (Lipinski definition) is 4. The molecule has 4 nitrogen and oxygen atoms in total. The second kappa shape index (κ2) is 14.2. The Morgan fingerprint density at radius 3 is 2.34 bits per heavy atom. The normalized spacial score (nSPS) is 29.7. The molecule has 3 aromatic rings. The standard InChI is InChI=1S/C57H57N3O/c1-5-17-36(18-6-1)53-58-54(37-19-7-2-8-20-37)60-55(59-53)42-24-15-23-41-44-33-38(27-28-50(44)61-52(41)42)39-22-16-26-47-51(39)45-35-48-43(34-49(45)57(47)31-13-4-14-32-57)40-21-9-10-25-46(40)56(48)29-11-3-12-30-56/h1,5-7,9-10,15-21,23-26,33-35,39,41,52,54-55,60H,2-4,8,11-14,22,27-32H2,(H,58,59). The van der Waals surface area contributed by atoms with Gasteiger partial charge < -0.3 is 10.1 Å². The van der Waals surface area contributed by atoms with Crippen LogP contribution in [0.25, 0.3) is 16.7 Å². The van der Waals surface area contributed by atoms with E-state index < -0.39 is 0 Å². The first kappa shape index (κ1) is 36.5. The van der Waals surface area contributed by atoms with E-state index in [9.17, 15) is 0 Å². The minimum absolute atomic E-state index is 0.0260. The van der Waals surface area contributed by atoms with Crippen molar-refractivity contribution >= 4 is 11.4 Å². The molecule has 0 radical (unpaired) electrons. The fraction of sp³-hybridized carbons (Fsp3) is 0.386. The van der Waals surface area contributed by atoms with Crippen LogP contribution < -0.4 is 10.6 Å². The van der Waals surface area contributed by atoms with Gasteiger partial charge in [-0.05, 0) is 114 Å². The van der Waals surface area contributed by atoms with Gasteiger partial charge in [0.05, 0.1) is 0 Å². The maximum absolute atomic E-state index is 7.10. The summed E-state index contributed by atoms with van der Waals surface area (Å²) in [4.78, 5) is 5.37. The van der Waals surface area contributed by atoms with Crippen LogP contribution in [0.5, 0.6) is 0 Å². The van der Waals surface area contributed by atoms with Gasteiger partial charge in [-0.1, -0.05) is 153 Å². The number of rotatable bonds is 4. The lowest BCUT2D eigenvalue weighted by Gasteiger charge is -2.38. The topological polar surface area (TPSA) is 45.6 Å². The Hall–Kier alpha value is -5.19. The zero-order valence-corrected chi connectivity index (χ0v) is 35.4. The van der Waals surface area contributed by atoms with Gasteiger partial charge in [-0.3, -0.25) is 5.32 Å². The first-order valence-corrected chi connectivity index (χ1v) is 23.9. The molecule has 61 heavy (non-hydrogen) atoms. The molecule has 5 atom stereocenters. The summed E-state index contributed by atoms with van der Waals surface area (Å²) in [7, 11) is 0. The maximum Gasteiger partial charge on any atom is 0.133 e. The van der Waals surface area contributed by atoms with Crippen LogP contribution in [-0.2, 0) is 15.6 Å². The van der Waals surface area contributed by atoms with Crippen molar-refractivity contribution < 1.29 is 4.74 Å². The van der Waals surface area contributed by atoms with Crippen LogP contribution in [0.2, 0.25) is 0 Å². The SMILES string of the molecule is C1=CC2C3=C(CCC(C4CC=CC5=C4c4cc6c(cc4C54CCCCC4)-c4ccccc4C64CCCCC4)=C3)OC2C(C2N=C(c3ccccc3)NC(C3=CCCC=C3)N2)=C1. The zero-order valence-electron chi connectivity index (χ0n) is 35.4. The van der Waals surface area contributed by atoms with Crippen LogP contribution in [0.15, 0.2) is 160 Å². The molecule has 13 rings (SSSR count). The van der Waals surface area contributed by atoms with Crippen LogP contribution in [0.4, 0.5) is 0 Å². The maximum atomic E-state index is 7.10. The van der Waals surface area contributed by atoms with Gasteiger partial charge in [0, 0.05) is 45.8 Å². The minimum Gasteiger partial charge on any atom is -0.489 e. The quantitative estimate of drug-likeness (QED) is 0.276. The van der Waals surface area contributed by atoms with Crippen LogP contribution in [0, 0.1) is 11.8 Å². The second-order valence-electron chi connectivity index (χ2n) is 19.7. The number of aliphatic imine (C=N–C) groups is 1. The van der Waals surface area contributed by atoms with E-state index in [0.29, 0.717) is 5.92 Å². The van der Waals surface area contributed by atoms with Gasteiger partial charge in [-0.15, -0.1) is 0 Å². The molecule has 4 heteroatoms. The summed E-state index contributed by atoms with van der Waals surface area (Å²) < 4.78 is 7.10. The first-order valence-electron chi connectivity index (χ1n) is 23.9. The van der Waals surface area contributed by atoms with Gasteiger partial charge in [-0.25, -0.2) is 4.99 Å². The summed E-state index contributed by atoms with van der Waals surface area (Å²) in [6.45, 7) is 0. The summed E-state index contributed by atoms with van der Waals surface area (Å²) in [5, 5.41) is 7.65. The molecular weight excluding hydrogens is 743 g/mol. The zero-order chi connectivity index (χ0) is 40.1. The van der Waals surface area contributed by atoms with Crippen LogP contribution in [0.1, 0.15) is 124 Å². The molecule has 5 unspecified atom stereocenters. The van der Waals surface area contributed by atoms with E-state index in [0.717, 1.165) is 43.5 Å². The highest BCUT2D eigenvalue weighted by atomic mass is 16.5. The van der Waals surface area contributed by atoms with E-state index in [1.807, 2.05) is 0 Å². The number of benzene rings is 3. The van der Waals surface area contributed by atoms with Crippen molar-refractivity contribution in [3.05, 3.63) is 183 Å². The molecule has 2 fully saturated rings. The van der Waals surface area contributed by atoms with Crippen molar-refractivity contribution in [3.63, 3.8) is 0 Å². The van der Waals surface area contributed by atoms with Crippen molar-refractivity contribution in [3.8, 4) is 11.1 Å².